The van der Waals surface area contributed by atoms with Gasteiger partial charge in [0, 0.05) is 30.5 Å². The maximum absolute atomic E-state index is 13.5. The summed E-state index contributed by atoms with van der Waals surface area (Å²) in [5, 5.41) is 3.09. The molecule has 0 radical (unpaired) electrons. The molecule has 3 atom stereocenters. The smallest absolute Gasteiger partial charge is 0.349 e. The fraction of sp³-hybridized carbons (Fsp3) is 0.318. The van der Waals surface area contributed by atoms with Crippen molar-refractivity contribution >= 4 is 11.9 Å². The summed E-state index contributed by atoms with van der Waals surface area (Å²) >= 11 is 0. The maximum Gasteiger partial charge on any atom is 0.419 e. The lowest BCUT2D eigenvalue weighted by molar-refractivity contribution is -0.138. The third kappa shape index (κ3) is 4.10. The number of rotatable bonds is 4. The summed E-state index contributed by atoms with van der Waals surface area (Å²) in [6, 6.07) is 6.54. The minimum Gasteiger partial charge on any atom is -0.349 e. The van der Waals surface area contributed by atoms with Crippen LogP contribution in [0.2, 0.25) is 0 Å². The predicted octanol–water partition coefficient (Wildman–Crippen LogP) is 3.81. The second-order valence-electron chi connectivity index (χ2n) is 8.18. The van der Waals surface area contributed by atoms with Crippen LogP contribution in [0.4, 0.5) is 23.5 Å². The van der Waals surface area contributed by atoms with E-state index in [-0.39, 0.29) is 35.7 Å². The lowest BCUT2D eigenvalue weighted by atomic mass is 10.0. The third-order valence-electron chi connectivity index (χ3n) is 6.06. The molecule has 0 unspecified atom stereocenters. The van der Waals surface area contributed by atoms with Gasteiger partial charge in [-0.3, -0.25) is 4.79 Å². The molecule has 0 spiro atoms. The minimum absolute atomic E-state index is 0.0908. The van der Waals surface area contributed by atoms with Crippen molar-refractivity contribution in [1.29, 1.82) is 0 Å². The molecule has 7 nitrogen and oxygen atoms in total. The van der Waals surface area contributed by atoms with Crippen molar-refractivity contribution in [1.82, 2.24) is 24.8 Å². The molecule has 2 bridgehead atoms. The Bertz CT molecular complexity index is 1170. The normalized spacial score (nSPS) is 21.9. The van der Waals surface area contributed by atoms with Gasteiger partial charge in [-0.2, -0.15) is 13.2 Å². The second-order valence-corrected chi connectivity index (χ2v) is 8.18. The lowest BCUT2D eigenvalue weighted by Gasteiger charge is -2.34. The van der Waals surface area contributed by atoms with E-state index in [1.807, 2.05) is 0 Å². The van der Waals surface area contributed by atoms with Gasteiger partial charge in [0.25, 0.3) is 5.91 Å². The molecule has 33 heavy (non-hydrogen) atoms. The van der Waals surface area contributed by atoms with Crippen molar-refractivity contribution in [3.8, 4) is 11.4 Å². The van der Waals surface area contributed by atoms with E-state index in [2.05, 4.69) is 25.3 Å². The molecule has 1 saturated carbocycles. The Labute approximate surface area is 185 Å². The molecule has 1 saturated heterocycles. The fourth-order valence-corrected chi connectivity index (χ4v) is 4.60. The molecule has 1 aliphatic heterocycles. The van der Waals surface area contributed by atoms with Gasteiger partial charge in [-0.1, -0.05) is 18.2 Å². The fourth-order valence-electron chi connectivity index (χ4n) is 4.60. The Hall–Kier alpha value is -3.63. The first-order chi connectivity index (χ1) is 15.8. The molecule has 1 aromatic carbocycles. The zero-order chi connectivity index (χ0) is 23.2. The Balaban J connectivity index is 1.35. The van der Waals surface area contributed by atoms with E-state index in [0.29, 0.717) is 17.7 Å². The third-order valence-corrected chi connectivity index (χ3v) is 6.06. The minimum atomic E-state index is -4.50. The van der Waals surface area contributed by atoms with E-state index in [1.165, 1.54) is 0 Å². The van der Waals surface area contributed by atoms with Gasteiger partial charge >= 0.3 is 6.18 Å². The number of amides is 1. The van der Waals surface area contributed by atoms with Crippen LogP contribution in [0.5, 0.6) is 0 Å². The van der Waals surface area contributed by atoms with Gasteiger partial charge in [0.15, 0.2) is 11.6 Å². The Morgan fingerprint density at radius 2 is 1.70 bits per heavy atom. The summed E-state index contributed by atoms with van der Waals surface area (Å²) < 4.78 is 51.5. The quantitative estimate of drug-likeness (QED) is 0.599. The number of likely N-dealkylation sites (tertiary alicyclic amines) is 1. The van der Waals surface area contributed by atoms with Crippen LogP contribution in [0.25, 0.3) is 11.4 Å². The summed E-state index contributed by atoms with van der Waals surface area (Å²) in [6.45, 7) is 0.578. The van der Waals surface area contributed by atoms with Crippen molar-refractivity contribution in [2.45, 2.75) is 31.1 Å². The van der Waals surface area contributed by atoms with E-state index < -0.39 is 17.6 Å². The average molecular weight is 458 g/mol. The van der Waals surface area contributed by atoms with Crippen LogP contribution in [0.3, 0.4) is 0 Å². The number of anilines is 1. The van der Waals surface area contributed by atoms with Crippen LogP contribution in [0.15, 0.2) is 49.1 Å². The first-order valence-electron chi connectivity index (χ1n) is 10.3. The number of hydrogen-bond acceptors (Lipinski definition) is 6. The number of alkyl halides is 3. The van der Waals surface area contributed by atoms with Crippen molar-refractivity contribution < 1.29 is 22.4 Å². The largest absolute Gasteiger partial charge is 0.419 e. The molecule has 3 heterocycles. The predicted molar refractivity (Wildman–Crippen MR) is 109 cm³/mol. The molecule has 1 aliphatic carbocycles. The van der Waals surface area contributed by atoms with Gasteiger partial charge in [-0.25, -0.2) is 24.3 Å². The van der Waals surface area contributed by atoms with Crippen LogP contribution in [-0.4, -0.2) is 49.4 Å². The standard InChI is InChI=1S/C22H18F4N6O/c23-14-9-27-19(28-10-14)15-3-1-2-4-16(15)20(33)32-11-12-5-17(18(32)6-12)31-21-29-7-13(8-30-21)22(24,25)26/h1-4,7-10,12,17-18H,5-6,11H2,(H,29,30,31)/t12-,17+,18-/m0/s1. The maximum atomic E-state index is 13.5. The molecular weight excluding hydrogens is 440 g/mol. The number of carbonyl (C=O) groups is 1. The zero-order valence-electron chi connectivity index (χ0n) is 17.1. The van der Waals surface area contributed by atoms with Crippen LogP contribution in [0, 0.1) is 11.7 Å². The van der Waals surface area contributed by atoms with Crippen LogP contribution >= 0.6 is 0 Å². The van der Waals surface area contributed by atoms with Crippen molar-refractivity contribution in [3.05, 3.63) is 66.0 Å². The van der Waals surface area contributed by atoms with E-state index >= 15 is 0 Å². The van der Waals surface area contributed by atoms with Crippen LogP contribution in [-0.2, 0) is 6.18 Å². The summed E-state index contributed by atoms with van der Waals surface area (Å²) in [5.74, 6) is -0.171. The zero-order valence-corrected chi connectivity index (χ0v) is 17.1. The SMILES string of the molecule is O=C(c1ccccc1-c1ncc(F)cn1)N1C[C@H]2C[C@@H](Nc3ncc(C(F)(F)F)cn3)[C@@H]1C2. The average Bonchev–Trinajstić information content (AvgIpc) is 3.40. The van der Waals surface area contributed by atoms with Gasteiger partial charge in [0.1, 0.15) is 0 Å². The number of nitrogens with zero attached hydrogens (tertiary/aromatic N) is 5. The molecule has 1 amide bonds. The highest BCUT2D eigenvalue weighted by molar-refractivity contribution is 6.00. The highest BCUT2D eigenvalue weighted by atomic mass is 19.4. The molecule has 2 aliphatic rings. The highest BCUT2D eigenvalue weighted by Gasteiger charge is 2.47. The number of aromatic nitrogens is 4. The van der Waals surface area contributed by atoms with Gasteiger partial charge in [-0.15, -0.1) is 0 Å². The van der Waals surface area contributed by atoms with Crippen LogP contribution in [0.1, 0.15) is 28.8 Å². The molecule has 170 valence electrons. The number of hydrogen-bond donors (Lipinski definition) is 1. The summed E-state index contributed by atoms with van der Waals surface area (Å²) in [6.07, 6.45) is 0.613. The number of fused-ring (bicyclic) bond motifs is 2. The number of piperidine rings is 1. The van der Waals surface area contributed by atoms with Gasteiger partial charge < -0.3 is 10.2 Å². The summed E-state index contributed by atoms with van der Waals surface area (Å²) in [5.41, 5.74) is -0.0144. The van der Waals surface area contributed by atoms with Gasteiger partial charge in [0.2, 0.25) is 5.95 Å². The van der Waals surface area contributed by atoms with E-state index in [4.69, 9.17) is 0 Å². The molecule has 11 heteroatoms. The number of nitrogens with one attached hydrogen (secondary N) is 1. The topological polar surface area (TPSA) is 83.9 Å². The summed E-state index contributed by atoms with van der Waals surface area (Å²) in [4.78, 5) is 30.8. The molecule has 2 fully saturated rings. The van der Waals surface area contributed by atoms with Crippen molar-refractivity contribution in [3.63, 3.8) is 0 Å². The number of halogens is 4. The van der Waals surface area contributed by atoms with Gasteiger partial charge in [-0.05, 0) is 24.8 Å². The van der Waals surface area contributed by atoms with E-state index in [9.17, 15) is 22.4 Å². The monoisotopic (exact) mass is 458 g/mol. The van der Waals surface area contributed by atoms with E-state index in [0.717, 1.165) is 37.6 Å². The second kappa shape index (κ2) is 8.05. The molecular formula is C22H18F4N6O. The number of carbonyl (C=O) groups excluding carboxylic acids is 1. The molecule has 2 aromatic heterocycles. The lowest BCUT2D eigenvalue weighted by Crippen LogP contribution is -2.48. The van der Waals surface area contributed by atoms with Gasteiger partial charge in [0.05, 0.1) is 29.6 Å². The Kier molecular flexibility index (Phi) is 5.18. The Morgan fingerprint density at radius 1 is 1.00 bits per heavy atom. The Morgan fingerprint density at radius 3 is 2.36 bits per heavy atom. The highest BCUT2D eigenvalue weighted by Crippen LogP contribution is 2.40. The van der Waals surface area contributed by atoms with Crippen molar-refractivity contribution in [2.75, 3.05) is 11.9 Å². The van der Waals surface area contributed by atoms with Crippen molar-refractivity contribution in [2.24, 2.45) is 5.92 Å². The molecule has 1 N–H and O–H groups in total. The first kappa shape index (κ1) is 21.2. The van der Waals surface area contributed by atoms with E-state index in [1.54, 1.807) is 29.2 Å². The molecule has 3 aromatic rings. The summed E-state index contributed by atoms with van der Waals surface area (Å²) in [7, 11) is 0. The molecule has 5 rings (SSSR count). The number of benzene rings is 1. The first-order valence-corrected chi connectivity index (χ1v) is 10.3. The van der Waals surface area contributed by atoms with Crippen LogP contribution < -0.4 is 5.32 Å².